The maximum absolute atomic E-state index is 12.7. The number of amides is 1. The zero-order valence-corrected chi connectivity index (χ0v) is 20.1. The second-order valence-electron chi connectivity index (χ2n) is 9.64. The summed E-state index contributed by atoms with van der Waals surface area (Å²) in [4.78, 5) is 12.7. The van der Waals surface area contributed by atoms with Crippen LogP contribution in [0.1, 0.15) is 75.1 Å². The van der Waals surface area contributed by atoms with Crippen LogP contribution in [0.3, 0.4) is 0 Å². The molecule has 0 saturated carbocycles. The lowest BCUT2D eigenvalue weighted by molar-refractivity contribution is 0.0947. The first-order valence-corrected chi connectivity index (χ1v) is 11.2. The largest absolute Gasteiger partial charge is 0.508 e. The molecule has 1 unspecified atom stereocenters. The van der Waals surface area contributed by atoms with Crippen molar-refractivity contribution >= 4 is 5.91 Å². The van der Waals surface area contributed by atoms with Crippen molar-refractivity contribution in [1.29, 1.82) is 0 Å². The van der Waals surface area contributed by atoms with Gasteiger partial charge in [-0.1, -0.05) is 64.0 Å². The molecule has 0 spiro atoms. The molecule has 1 atom stereocenters. The number of aromatic hydroxyl groups is 2. The molecule has 3 rings (SSSR count). The van der Waals surface area contributed by atoms with Gasteiger partial charge in [0.25, 0.3) is 5.91 Å². The topological polar surface area (TPSA) is 122 Å². The molecule has 33 heavy (non-hydrogen) atoms. The Bertz CT molecular complexity index is 1140. The van der Waals surface area contributed by atoms with Crippen molar-refractivity contribution in [3.63, 3.8) is 0 Å². The van der Waals surface area contributed by atoms with Gasteiger partial charge in [0.2, 0.25) is 0 Å². The van der Waals surface area contributed by atoms with Crippen LogP contribution in [-0.2, 0) is 0 Å². The minimum atomic E-state index is -0.375. The van der Waals surface area contributed by atoms with Crippen molar-refractivity contribution < 1.29 is 19.5 Å². The number of nitrogens with zero attached hydrogens (tertiary/aromatic N) is 1. The number of rotatable bonds is 6. The molecule has 0 fully saturated rings. The average molecular weight is 452 g/mol. The molecule has 0 aliphatic heterocycles. The maximum Gasteiger partial charge on any atom is 0.274 e. The molecule has 7 heteroatoms. The van der Waals surface area contributed by atoms with E-state index in [-0.39, 0.29) is 46.2 Å². The van der Waals surface area contributed by atoms with Crippen molar-refractivity contribution in [3.8, 4) is 33.9 Å². The van der Waals surface area contributed by atoms with E-state index in [0.717, 1.165) is 5.56 Å². The fourth-order valence-electron chi connectivity index (χ4n) is 3.74. The fourth-order valence-corrected chi connectivity index (χ4v) is 3.74. The maximum atomic E-state index is 12.7. The van der Waals surface area contributed by atoms with Gasteiger partial charge in [0.15, 0.2) is 11.5 Å². The number of benzene rings is 2. The van der Waals surface area contributed by atoms with Crippen LogP contribution in [0, 0.1) is 5.41 Å². The van der Waals surface area contributed by atoms with E-state index in [1.54, 1.807) is 6.07 Å². The number of hydrogen-bond donors (Lipinski definition) is 4. The molecule has 0 saturated heterocycles. The van der Waals surface area contributed by atoms with Gasteiger partial charge in [-0.2, -0.15) is 0 Å². The van der Waals surface area contributed by atoms with Crippen LogP contribution in [0.4, 0.5) is 0 Å². The number of nitrogens with two attached hydrogens (primary N) is 1. The van der Waals surface area contributed by atoms with Crippen LogP contribution in [0.25, 0.3) is 22.5 Å². The molecule has 0 aliphatic carbocycles. The summed E-state index contributed by atoms with van der Waals surface area (Å²) in [5.41, 5.74) is 9.56. The van der Waals surface area contributed by atoms with Gasteiger partial charge in [-0.15, -0.1) is 0 Å². The number of aromatic nitrogens is 1. The standard InChI is InChI=1S/C26H33N3O4/c1-7-28-25(32)22-21(15-8-10-16(11-9-15)24(27)26(4,5)6)23(33-29-22)18-12-17(14(2)3)19(30)13-20(18)31/h8-14,24,30-31H,7,27H2,1-6H3,(H,28,32). The summed E-state index contributed by atoms with van der Waals surface area (Å²) in [6.45, 7) is 12.4. The third-order valence-electron chi connectivity index (χ3n) is 5.75. The zero-order chi connectivity index (χ0) is 24.5. The first-order chi connectivity index (χ1) is 15.5. The first-order valence-electron chi connectivity index (χ1n) is 11.2. The average Bonchev–Trinajstić information content (AvgIpc) is 3.17. The number of phenolic OH excluding ortho intramolecular Hbond substituents is 2. The van der Waals surface area contributed by atoms with E-state index < -0.39 is 0 Å². The number of carbonyl (C=O) groups is 1. The van der Waals surface area contributed by atoms with E-state index in [1.807, 2.05) is 45.0 Å². The Balaban J connectivity index is 2.20. The molecule has 2 aromatic carbocycles. The Morgan fingerprint density at radius 1 is 1.12 bits per heavy atom. The minimum Gasteiger partial charge on any atom is -0.508 e. The lowest BCUT2D eigenvalue weighted by Crippen LogP contribution is -2.26. The molecule has 7 nitrogen and oxygen atoms in total. The van der Waals surface area contributed by atoms with Crippen LogP contribution in [0.5, 0.6) is 11.5 Å². The lowest BCUT2D eigenvalue weighted by Gasteiger charge is -2.27. The predicted octanol–water partition coefficient (Wildman–Crippen LogP) is 5.34. The highest BCUT2D eigenvalue weighted by molar-refractivity contribution is 6.02. The van der Waals surface area contributed by atoms with Gasteiger partial charge < -0.3 is 25.8 Å². The van der Waals surface area contributed by atoms with Crippen LogP contribution in [-0.4, -0.2) is 27.8 Å². The molecule has 5 N–H and O–H groups in total. The van der Waals surface area contributed by atoms with Gasteiger partial charge in [-0.3, -0.25) is 4.79 Å². The summed E-state index contributed by atoms with van der Waals surface area (Å²) in [5, 5.41) is 27.7. The second-order valence-corrected chi connectivity index (χ2v) is 9.64. The number of carbonyl (C=O) groups excluding carboxylic acids is 1. The molecule has 3 aromatic rings. The third-order valence-corrected chi connectivity index (χ3v) is 5.75. The van der Waals surface area contributed by atoms with Gasteiger partial charge >= 0.3 is 0 Å². The van der Waals surface area contributed by atoms with E-state index in [0.29, 0.717) is 28.8 Å². The first kappa shape index (κ1) is 24.3. The summed E-state index contributed by atoms with van der Waals surface area (Å²) >= 11 is 0. The molecule has 0 radical (unpaired) electrons. The SMILES string of the molecule is CCNC(=O)c1noc(-c2cc(C(C)C)c(O)cc2O)c1-c1ccc(C(N)C(C)(C)C)cc1. The number of phenols is 2. The van der Waals surface area contributed by atoms with Crippen molar-refractivity contribution in [2.45, 2.75) is 53.5 Å². The summed E-state index contributed by atoms with van der Waals surface area (Å²) < 4.78 is 5.61. The number of nitrogens with one attached hydrogen (secondary N) is 1. The van der Waals surface area contributed by atoms with Crippen molar-refractivity contribution in [1.82, 2.24) is 10.5 Å². The zero-order valence-electron chi connectivity index (χ0n) is 20.1. The Morgan fingerprint density at radius 3 is 2.30 bits per heavy atom. The van der Waals surface area contributed by atoms with Gasteiger partial charge in [0.1, 0.15) is 11.5 Å². The highest BCUT2D eigenvalue weighted by atomic mass is 16.5. The normalized spacial score (nSPS) is 12.7. The number of hydrogen-bond acceptors (Lipinski definition) is 6. The highest BCUT2D eigenvalue weighted by Crippen LogP contribution is 2.43. The van der Waals surface area contributed by atoms with E-state index in [2.05, 4.69) is 31.2 Å². The summed E-state index contributed by atoms with van der Waals surface area (Å²) in [6, 6.07) is 10.4. The highest BCUT2D eigenvalue weighted by Gasteiger charge is 2.28. The van der Waals surface area contributed by atoms with Crippen LogP contribution >= 0.6 is 0 Å². The fraction of sp³-hybridized carbons (Fsp3) is 0.385. The van der Waals surface area contributed by atoms with E-state index in [9.17, 15) is 15.0 Å². The molecule has 1 heterocycles. The second kappa shape index (κ2) is 9.27. The molecular formula is C26H33N3O4. The minimum absolute atomic E-state index is 0.00298. The molecule has 1 aromatic heterocycles. The third kappa shape index (κ3) is 4.88. The molecule has 176 valence electrons. The smallest absolute Gasteiger partial charge is 0.274 e. The predicted molar refractivity (Wildman–Crippen MR) is 129 cm³/mol. The Morgan fingerprint density at radius 2 is 1.76 bits per heavy atom. The summed E-state index contributed by atoms with van der Waals surface area (Å²) in [7, 11) is 0. The van der Waals surface area contributed by atoms with E-state index >= 15 is 0 Å². The van der Waals surface area contributed by atoms with Gasteiger partial charge in [-0.25, -0.2) is 0 Å². The Labute approximate surface area is 194 Å². The molecular weight excluding hydrogens is 418 g/mol. The Hall–Kier alpha value is -3.32. The quantitative estimate of drug-likeness (QED) is 0.401. The van der Waals surface area contributed by atoms with Crippen LogP contribution < -0.4 is 11.1 Å². The molecule has 0 bridgehead atoms. The molecule has 0 aliphatic rings. The van der Waals surface area contributed by atoms with E-state index in [1.165, 1.54) is 6.07 Å². The van der Waals surface area contributed by atoms with Gasteiger partial charge in [0, 0.05) is 18.7 Å². The Kier molecular flexibility index (Phi) is 6.84. The lowest BCUT2D eigenvalue weighted by atomic mass is 9.82. The van der Waals surface area contributed by atoms with Crippen molar-refractivity contribution in [2.24, 2.45) is 11.1 Å². The summed E-state index contributed by atoms with van der Waals surface area (Å²) in [5.74, 6) is -0.277. The summed E-state index contributed by atoms with van der Waals surface area (Å²) in [6.07, 6.45) is 0. The van der Waals surface area contributed by atoms with Gasteiger partial charge in [0.05, 0.1) is 11.1 Å². The van der Waals surface area contributed by atoms with Crippen LogP contribution in [0.15, 0.2) is 40.9 Å². The molecule has 1 amide bonds. The monoisotopic (exact) mass is 451 g/mol. The van der Waals surface area contributed by atoms with E-state index in [4.69, 9.17) is 10.3 Å². The van der Waals surface area contributed by atoms with Crippen molar-refractivity contribution in [2.75, 3.05) is 6.54 Å². The van der Waals surface area contributed by atoms with Crippen molar-refractivity contribution in [3.05, 3.63) is 53.2 Å². The van der Waals surface area contributed by atoms with Crippen LogP contribution in [0.2, 0.25) is 0 Å². The van der Waals surface area contributed by atoms with Gasteiger partial charge in [-0.05, 0) is 41.0 Å².